The Kier molecular flexibility index (Phi) is 4.33. The van der Waals surface area contributed by atoms with E-state index in [9.17, 15) is 4.79 Å². The first kappa shape index (κ1) is 13.6. The zero-order valence-electron chi connectivity index (χ0n) is 11.8. The van der Waals surface area contributed by atoms with E-state index in [2.05, 4.69) is 29.2 Å². The minimum atomic E-state index is 0.0632. The zero-order valence-corrected chi connectivity index (χ0v) is 11.8. The zero-order chi connectivity index (χ0) is 13.8. The Labute approximate surface area is 120 Å². The molecule has 3 rings (SSSR count). The number of benzene rings is 1. The molecule has 0 bridgehead atoms. The molecule has 2 heterocycles. The Morgan fingerprint density at radius 3 is 2.65 bits per heavy atom. The second kappa shape index (κ2) is 6.37. The fourth-order valence-electron chi connectivity index (χ4n) is 3.11. The quantitative estimate of drug-likeness (QED) is 0.837. The van der Waals surface area contributed by atoms with Gasteiger partial charge in [-0.25, -0.2) is 0 Å². The fourth-order valence-corrected chi connectivity index (χ4v) is 3.11. The molecule has 0 saturated carbocycles. The van der Waals surface area contributed by atoms with Gasteiger partial charge in [0.05, 0.1) is 19.3 Å². The van der Waals surface area contributed by atoms with Crippen LogP contribution < -0.4 is 0 Å². The number of carbonyl (C=O) groups excluding carboxylic acids is 1. The molecule has 0 aromatic heterocycles. The van der Waals surface area contributed by atoms with Crippen LogP contribution in [-0.2, 0) is 16.1 Å². The number of rotatable bonds is 3. The van der Waals surface area contributed by atoms with E-state index in [1.807, 2.05) is 11.0 Å². The molecular weight excluding hydrogens is 252 g/mol. The number of carbonyl (C=O) groups is 1. The highest BCUT2D eigenvalue weighted by molar-refractivity contribution is 5.82. The first-order valence-electron chi connectivity index (χ1n) is 7.49. The number of morpholine rings is 1. The van der Waals surface area contributed by atoms with Crippen molar-refractivity contribution in [2.75, 3.05) is 32.8 Å². The molecule has 0 radical (unpaired) electrons. The third kappa shape index (κ3) is 3.02. The van der Waals surface area contributed by atoms with Crippen LogP contribution in [0.1, 0.15) is 18.4 Å². The largest absolute Gasteiger partial charge is 0.378 e. The van der Waals surface area contributed by atoms with Gasteiger partial charge in [0.2, 0.25) is 5.91 Å². The van der Waals surface area contributed by atoms with E-state index in [0.717, 1.165) is 39.0 Å². The Morgan fingerprint density at radius 1 is 1.15 bits per heavy atom. The standard InChI is InChI=1S/C16H22N2O2/c19-16(17-9-11-20-12-10-17)15-7-4-8-18(15)13-14-5-2-1-3-6-14/h1-3,5-6,15H,4,7-13H2/t15-/m0/s1. The third-order valence-electron chi connectivity index (χ3n) is 4.20. The van der Waals surface area contributed by atoms with Gasteiger partial charge in [-0.2, -0.15) is 0 Å². The Bertz CT molecular complexity index is 443. The van der Waals surface area contributed by atoms with E-state index in [1.165, 1.54) is 5.56 Å². The van der Waals surface area contributed by atoms with Crippen LogP contribution in [0.5, 0.6) is 0 Å². The van der Waals surface area contributed by atoms with Gasteiger partial charge in [-0.1, -0.05) is 30.3 Å². The molecule has 108 valence electrons. The van der Waals surface area contributed by atoms with E-state index in [1.54, 1.807) is 0 Å². The van der Waals surface area contributed by atoms with E-state index >= 15 is 0 Å². The lowest BCUT2D eigenvalue weighted by Gasteiger charge is -2.32. The monoisotopic (exact) mass is 274 g/mol. The van der Waals surface area contributed by atoms with Crippen molar-refractivity contribution in [2.45, 2.75) is 25.4 Å². The normalized spacial score (nSPS) is 24.0. The summed E-state index contributed by atoms with van der Waals surface area (Å²) in [5.74, 6) is 0.293. The molecule has 4 nitrogen and oxygen atoms in total. The van der Waals surface area contributed by atoms with Gasteiger partial charge in [0.15, 0.2) is 0 Å². The Balaban J connectivity index is 1.64. The summed E-state index contributed by atoms with van der Waals surface area (Å²) in [6.45, 7) is 4.74. The van der Waals surface area contributed by atoms with Gasteiger partial charge < -0.3 is 9.64 Å². The fraction of sp³-hybridized carbons (Fsp3) is 0.562. The van der Waals surface area contributed by atoms with E-state index in [0.29, 0.717) is 19.1 Å². The van der Waals surface area contributed by atoms with Crippen molar-refractivity contribution >= 4 is 5.91 Å². The summed E-state index contributed by atoms with van der Waals surface area (Å²) in [7, 11) is 0. The molecule has 0 spiro atoms. The molecule has 4 heteroatoms. The van der Waals surface area contributed by atoms with Crippen molar-refractivity contribution in [3.05, 3.63) is 35.9 Å². The minimum absolute atomic E-state index is 0.0632. The van der Waals surface area contributed by atoms with Crippen molar-refractivity contribution in [1.82, 2.24) is 9.80 Å². The predicted molar refractivity (Wildman–Crippen MR) is 77.3 cm³/mol. The summed E-state index contributed by atoms with van der Waals surface area (Å²) in [6, 6.07) is 10.5. The molecular formula is C16H22N2O2. The van der Waals surface area contributed by atoms with Gasteiger partial charge >= 0.3 is 0 Å². The molecule has 1 amide bonds. The number of hydrogen-bond donors (Lipinski definition) is 0. The number of likely N-dealkylation sites (tertiary alicyclic amines) is 1. The maximum Gasteiger partial charge on any atom is 0.240 e. The summed E-state index contributed by atoms with van der Waals surface area (Å²) >= 11 is 0. The van der Waals surface area contributed by atoms with Crippen LogP contribution in [0, 0.1) is 0 Å². The van der Waals surface area contributed by atoms with Gasteiger partial charge in [-0.3, -0.25) is 9.69 Å². The number of nitrogens with zero attached hydrogens (tertiary/aromatic N) is 2. The molecule has 1 aromatic rings. The van der Waals surface area contributed by atoms with Crippen molar-refractivity contribution in [2.24, 2.45) is 0 Å². The molecule has 0 N–H and O–H groups in total. The van der Waals surface area contributed by atoms with E-state index in [4.69, 9.17) is 4.74 Å². The van der Waals surface area contributed by atoms with E-state index in [-0.39, 0.29) is 6.04 Å². The molecule has 0 aliphatic carbocycles. The minimum Gasteiger partial charge on any atom is -0.378 e. The average molecular weight is 274 g/mol. The lowest BCUT2D eigenvalue weighted by Crippen LogP contribution is -2.49. The molecule has 1 aromatic carbocycles. The van der Waals surface area contributed by atoms with Gasteiger partial charge in [0.1, 0.15) is 0 Å². The lowest BCUT2D eigenvalue weighted by molar-refractivity contribution is -0.140. The van der Waals surface area contributed by atoms with E-state index < -0.39 is 0 Å². The average Bonchev–Trinajstić information content (AvgIpc) is 2.96. The van der Waals surface area contributed by atoms with Crippen LogP contribution in [0.4, 0.5) is 0 Å². The smallest absolute Gasteiger partial charge is 0.240 e. The molecule has 2 saturated heterocycles. The van der Waals surface area contributed by atoms with Crippen LogP contribution in [0.15, 0.2) is 30.3 Å². The number of ether oxygens (including phenoxy) is 1. The van der Waals surface area contributed by atoms with Gasteiger partial charge in [-0.05, 0) is 24.9 Å². The summed E-state index contributed by atoms with van der Waals surface area (Å²) < 4.78 is 5.33. The topological polar surface area (TPSA) is 32.8 Å². The molecule has 2 fully saturated rings. The van der Waals surface area contributed by atoms with Crippen molar-refractivity contribution in [3.8, 4) is 0 Å². The maximum absolute atomic E-state index is 12.6. The highest BCUT2D eigenvalue weighted by Crippen LogP contribution is 2.22. The van der Waals surface area contributed by atoms with Crippen molar-refractivity contribution < 1.29 is 9.53 Å². The SMILES string of the molecule is O=C([C@@H]1CCCN1Cc1ccccc1)N1CCOCC1. The first-order valence-corrected chi connectivity index (χ1v) is 7.49. The van der Waals surface area contributed by atoms with Crippen LogP contribution in [0.25, 0.3) is 0 Å². The highest BCUT2D eigenvalue weighted by Gasteiger charge is 2.33. The molecule has 20 heavy (non-hydrogen) atoms. The molecule has 0 unspecified atom stereocenters. The summed E-state index contributed by atoms with van der Waals surface area (Å²) in [6.07, 6.45) is 2.11. The summed E-state index contributed by atoms with van der Waals surface area (Å²) in [4.78, 5) is 16.9. The van der Waals surface area contributed by atoms with Crippen LogP contribution in [0.3, 0.4) is 0 Å². The van der Waals surface area contributed by atoms with Crippen LogP contribution >= 0.6 is 0 Å². The second-order valence-electron chi connectivity index (χ2n) is 5.55. The maximum atomic E-state index is 12.6. The van der Waals surface area contributed by atoms with Gasteiger partial charge in [-0.15, -0.1) is 0 Å². The van der Waals surface area contributed by atoms with Crippen molar-refractivity contribution in [3.63, 3.8) is 0 Å². The van der Waals surface area contributed by atoms with Crippen LogP contribution in [-0.4, -0.2) is 54.6 Å². The summed E-state index contributed by atoms with van der Waals surface area (Å²) in [5, 5.41) is 0. The Hall–Kier alpha value is -1.39. The van der Waals surface area contributed by atoms with Crippen LogP contribution in [0.2, 0.25) is 0 Å². The Morgan fingerprint density at radius 2 is 1.90 bits per heavy atom. The lowest BCUT2D eigenvalue weighted by atomic mass is 10.1. The number of hydrogen-bond acceptors (Lipinski definition) is 3. The molecule has 2 aliphatic rings. The number of amides is 1. The summed E-state index contributed by atoms with van der Waals surface area (Å²) in [5.41, 5.74) is 1.29. The first-order chi connectivity index (χ1) is 9.84. The predicted octanol–water partition coefficient (Wildman–Crippen LogP) is 1.51. The molecule has 2 aliphatic heterocycles. The van der Waals surface area contributed by atoms with Gasteiger partial charge in [0, 0.05) is 19.6 Å². The highest BCUT2D eigenvalue weighted by atomic mass is 16.5. The van der Waals surface area contributed by atoms with Crippen molar-refractivity contribution in [1.29, 1.82) is 0 Å². The third-order valence-corrected chi connectivity index (χ3v) is 4.20. The second-order valence-corrected chi connectivity index (χ2v) is 5.55. The molecule has 1 atom stereocenters. The van der Waals surface area contributed by atoms with Gasteiger partial charge in [0.25, 0.3) is 0 Å².